The highest BCUT2D eigenvalue weighted by atomic mass is 16.6. The Balaban J connectivity index is 4.31. The first-order chi connectivity index (χ1) is 39.5. The molecule has 0 aromatic carbocycles. The molecular formula is C74H122O6. The third kappa shape index (κ3) is 64.4. The van der Waals surface area contributed by atoms with Crippen molar-refractivity contribution in [1.29, 1.82) is 0 Å². The number of hydrogen-bond acceptors (Lipinski definition) is 6. The summed E-state index contributed by atoms with van der Waals surface area (Å²) in [7, 11) is 0. The lowest BCUT2D eigenvalue weighted by Gasteiger charge is -2.18. The van der Waals surface area contributed by atoms with Gasteiger partial charge in [-0.2, -0.15) is 0 Å². The van der Waals surface area contributed by atoms with E-state index < -0.39 is 6.10 Å². The van der Waals surface area contributed by atoms with Crippen LogP contribution in [-0.4, -0.2) is 37.2 Å². The minimum atomic E-state index is -0.796. The van der Waals surface area contributed by atoms with E-state index in [0.717, 1.165) is 148 Å². The fraction of sp³-hybridized carbons (Fsp3) is 0.662. The summed E-state index contributed by atoms with van der Waals surface area (Å²) in [5, 5.41) is 0. The number of allylic oxidation sites excluding steroid dienone is 22. The van der Waals surface area contributed by atoms with Crippen LogP contribution < -0.4 is 0 Å². The van der Waals surface area contributed by atoms with Crippen LogP contribution in [-0.2, 0) is 28.6 Å². The van der Waals surface area contributed by atoms with Gasteiger partial charge in [0.25, 0.3) is 0 Å². The molecule has 0 radical (unpaired) electrons. The first-order valence-electron chi connectivity index (χ1n) is 33.2. The van der Waals surface area contributed by atoms with E-state index in [2.05, 4.69) is 154 Å². The predicted octanol–water partition coefficient (Wildman–Crippen LogP) is 22.9. The summed E-state index contributed by atoms with van der Waals surface area (Å²) in [6.07, 6.45) is 94.6. The van der Waals surface area contributed by atoms with Gasteiger partial charge in [-0.1, -0.05) is 276 Å². The third-order valence-electron chi connectivity index (χ3n) is 13.9. The Hall–Kier alpha value is -4.45. The summed E-state index contributed by atoms with van der Waals surface area (Å²) in [4.78, 5) is 38.3. The molecule has 1 unspecified atom stereocenters. The zero-order valence-corrected chi connectivity index (χ0v) is 52.0. The van der Waals surface area contributed by atoms with Gasteiger partial charge in [0.05, 0.1) is 0 Å². The molecule has 0 saturated carbocycles. The molecule has 1 atom stereocenters. The van der Waals surface area contributed by atoms with Gasteiger partial charge in [-0.25, -0.2) is 0 Å². The van der Waals surface area contributed by atoms with E-state index in [1.165, 1.54) is 109 Å². The highest BCUT2D eigenvalue weighted by Crippen LogP contribution is 2.15. The second kappa shape index (κ2) is 67.1. The fourth-order valence-corrected chi connectivity index (χ4v) is 8.88. The summed E-state index contributed by atoms with van der Waals surface area (Å²) >= 11 is 0. The van der Waals surface area contributed by atoms with Crippen molar-refractivity contribution in [3.8, 4) is 0 Å². The standard InChI is InChI=1S/C74H122O6/c1-4-7-10-13-16-19-22-24-26-28-30-31-32-33-34-35-36-37-38-39-40-41-42-43-44-46-47-49-52-55-58-61-64-67-73(76)79-70-71(69-78-72(75)66-63-60-57-54-51-21-18-15-12-9-6-3)80-74(77)68-65-62-59-56-53-50-48-45-29-27-25-23-20-17-14-11-8-5-2/h7,10,15-16,18-19,24,26-27,29-31,33-34,36-37,39-40,42-43,46-47,71H,4-6,8-9,11-14,17,20-23,25,28,32,35,38,41,44-45,48-70H2,1-3H3/b10-7-,18-15-,19-16-,26-24-,29-27-,31-30-,34-33-,37-36-,40-39-,43-42-,47-46-. The van der Waals surface area contributed by atoms with Gasteiger partial charge >= 0.3 is 17.9 Å². The van der Waals surface area contributed by atoms with Crippen LogP contribution in [0.4, 0.5) is 0 Å². The van der Waals surface area contributed by atoms with Gasteiger partial charge in [-0.15, -0.1) is 0 Å². The number of esters is 3. The lowest BCUT2D eigenvalue weighted by Crippen LogP contribution is -2.30. The lowest BCUT2D eigenvalue weighted by atomic mass is 10.1. The lowest BCUT2D eigenvalue weighted by molar-refractivity contribution is -0.167. The van der Waals surface area contributed by atoms with Crippen LogP contribution in [0, 0.1) is 0 Å². The third-order valence-corrected chi connectivity index (χ3v) is 13.9. The van der Waals surface area contributed by atoms with Crippen LogP contribution in [0.3, 0.4) is 0 Å². The molecule has 0 saturated heterocycles. The van der Waals surface area contributed by atoms with Crippen molar-refractivity contribution in [3.63, 3.8) is 0 Å². The molecule has 0 aliphatic heterocycles. The molecule has 80 heavy (non-hydrogen) atoms. The van der Waals surface area contributed by atoms with Crippen molar-refractivity contribution >= 4 is 17.9 Å². The maximum Gasteiger partial charge on any atom is 0.306 e. The van der Waals surface area contributed by atoms with Crippen molar-refractivity contribution in [2.45, 2.75) is 303 Å². The quantitative estimate of drug-likeness (QED) is 0.0261. The predicted molar refractivity (Wildman–Crippen MR) is 348 cm³/mol. The number of unbranched alkanes of at least 4 members (excludes halogenated alkanes) is 26. The summed E-state index contributed by atoms with van der Waals surface area (Å²) in [6.45, 7) is 6.47. The van der Waals surface area contributed by atoms with Gasteiger partial charge in [0, 0.05) is 19.3 Å². The van der Waals surface area contributed by atoms with Gasteiger partial charge < -0.3 is 14.2 Å². The molecule has 0 fully saturated rings. The van der Waals surface area contributed by atoms with E-state index in [0.29, 0.717) is 19.3 Å². The molecule has 0 aliphatic carbocycles. The van der Waals surface area contributed by atoms with Crippen LogP contribution in [0.2, 0.25) is 0 Å². The monoisotopic (exact) mass is 1110 g/mol. The molecule has 0 heterocycles. The molecule has 0 N–H and O–H groups in total. The Morgan fingerprint density at radius 3 is 0.812 bits per heavy atom. The number of ether oxygens (including phenoxy) is 3. The minimum Gasteiger partial charge on any atom is -0.462 e. The highest BCUT2D eigenvalue weighted by molar-refractivity contribution is 5.71. The zero-order chi connectivity index (χ0) is 57.8. The topological polar surface area (TPSA) is 78.9 Å². The Kier molecular flexibility index (Phi) is 63.3. The van der Waals surface area contributed by atoms with E-state index in [-0.39, 0.29) is 31.1 Å². The Labute approximate surface area is 494 Å². The second-order valence-corrected chi connectivity index (χ2v) is 21.6. The van der Waals surface area contributed by atoms with Gasteiger partial charge in [0.1, 0.15) is 13.2 Å². The van der Waals surface area contributed by atoms with Gasteiger partial charge in [-0.05, 0) is 135 Å². The number of carbonyl (C=O) groups is 3. The van der Waals surface area contributed by atoms with E-state index in [1.807, 2.05) is 0 Å². The summed E-state index contributed by atoms with van der Waals surface area (Å²) in [5.41, 5.74) is 0. The van der Waals surface area contributed by atoms with E-state index in [9.17, 15) is 14.4 Å². The zero-order valence-electron chi connectivity index (χ0n) is 52.0. The molecule has 0 amide bonds. The Morgan fingerprint density at radius 1 is 0.263 bits per heavy atom. The molecule has 454 valence electrons. The van der Waals surface area contributed by atoms with Gasteiger partial charge in [-0.3, -0.25) is 14.4 Å². The average Bonchev–Trinajstić information content (AvgIpc) is 3.46. The van der Waals surface area contributed by atoms with Crippen LogP contribution in [0.5, 0.6) is 0 Å². The molecular weight excluding hydrogens is 985 g/mol. The van der Waals surface area contributed by atoms with Gasteiger partial charge in [0.15, 0.2) is 6.10 Å². The van der Waals surface area contributed by atoms with Crippen molar-refractivity contribution < 1.29 is 28.6 Å². The minimum absolute atomic E-state index is 0.0923. The SMILES string of the molecule is CC/C=C\C/C=C\C/C=C\C/C=C\C/C=C\C/C=C\C/C=C\C/C=C\C/C=C\CCCCCCCC(=O)OCC(COC(=O)CCCCCCC/C=C\CCCC)OC(=O)CCCCCCCCC/C=C\CCCCCCCCC. The Bertz CT molecular complexity index is 1700. The average molecular weight is 1110 g/mol. The summed E-state index contributed by atoms with van der Waals surface area (Å²) in [6, 6.07) is 0. The highest BCUT2D eigenvalue weighted by Gasteiger charge is 2.19. The number of hydrogen-bond donors (Lipinski definition) is 0. The van der Waals surface area contributed by atoms with E-state index in [1.54, 1.807) is 0 Å². The second-order valence-electron chi connectivity index (χ2n) is 21.6. The molecule has 0 aromatic rings. The van der Waals surface area contributed by atoms with Crippen LogP contribution in [0.1, 0.15) is 297 Å². The first kappa shape index (κ1) is 75.5. The van der Waals surface area contributed by atoms with Crippen molar-refractivity contribution in [3.05, 3.63) is 134 Å². The maximum atomic E-state index is 12.9. The smallest absolute Gasteiger partial charge is 0.306 e. The number of rotatable bonds is 59. The summed E-state index contributed by atoms with van der Waals surface area (Å²) in [5.74, 6) is -0.923. The molecule has 0 aromatic heterocycles. The molecule has 6 nitrogen and oxygen atoms in total. The molecule has 6 heteroatoms. The molecule has 0 spiro atoms. The van der Waals surface area contributed by atoms with Crippen LogP contribution in [0.25, 0.3) is 0 Å². The van der Waals surface area contributed by atoms with E-state index in [4.69, 9.17) is 14.2 Å². The molecule has 0 rings (SSSR count). The van der Waals surface area contributed by atoms with E-state index >= 15 is 0 Å². The van der Waals surface area contributed by atoms with Crippen LogP contribution >= 0.6 is 0 Å². The summed E-state index contributed by atoms with van der Waals surface area (Å²) < 4.78 is 16.9. The Morgan fingerprint density at radius 2 is 0.500 bits per heavy atom. The molecule has 0 bridgehead atoms. The first-order valence-corrected chi connectivity index (χ1v) is 33.2. The van der Waals surface area contributed by atoms with Crippen molar-refractivity contribution in [2.24, 2.45) is 0 Å². The normalized spacial score (nSPS) is 13.0. The van der Waals surface area contributed by atoms with Gasteiger partial charge in [0.2, 0.25) is 0 Å². The molecule has 0 aliphatic rings. The largest absolute Gasteiger partial charge is 0.462 e. The maximum absolute atomic E-state index is 12.9. The van der Waals surface area contributed by atoms with Crippen molar-refractivity contribution in [1.82, 2.24) is 0 Å². The fourth-order valence-electron chi connectivity index (χ4n) is 8.88. The van der Waals surface area contributed by atoms with Crippen molar-refractivity contribution in [2.75, 3.05) is 13.2 Å². The van der Waals surface area contributed by atoms with Crippen LogP contribution in [0.15, 0.2) is 134 Å². The number of carbonyl (C=O) groups excluding carboxylic acids is 3.